The molecule has 2 bridgehead atoms. The number of aromatic amines is 1. The highest BCUT2D eigenvalue weighted by Crippen LogP contribution is 2.52. The minimum Gasteiger partial charge on any atom is -0.468 e. The standard InChI is InChI=1S/C28H32N2O6S/c1-18(37(32,33)21-11-6-5-7-12-21)16-30-17-20-15-28(27(31)36-4,26(30)25(35-3)24(20)34-2)23-14-19-10-8-9-13-22(19)29-23/h5-14,20,24-26,29H,1,15-17H2,2-4H3/t20?,24?,25?,26?,28-/m0/s1. The quantitative estimate of drug-likeness (QED) is 0.452. The van der Waals surface area contributed by atoms with Crippen molar-refractivity contribution in [3.63, 3.8) is 0 Å². The van der Waals surface area contributed by atoms with E-state index in [2.05, 4.69) is 11.6 Å². The molecule has 5 atom stereocenters. The zero-order valence-corrected chi connectivity index (χ0v) is 22.0. The summed E-state index contributed by atoms with van der Waals surface area (Å²) in [5, 5.41) is 0.974. The predicted molar refractivity (Wildman–Crippen MR) is 140 cm³/mol. The number of carbonyl (C=O) groups excluding carboxylic acids is 1. The van der Waals surface area contributed by atoms with Crippen LogP contribution in [0.1, 0.15) is 12.1 Å². The number of esters is 1. The van der Waals surface area contributed by atoms with Gasteiger partial charge in [-0.1, -0.05) is 43.0 Å². The molecule has 1 N–H and O–H groups in total. The molecule has 0 amide bonds. The second kappa shape index (κ2) is 9.72. The van der Waals surface area contributed by atoms with Gasteiger partial charge in [0.1, 0.15) is 11.5 Å². The first-order valence-electron chi connectivity index (χ1n) is 12.2. The molecule has 1 saturated carbocycles. The van der Waals surface area contributed by atoms with Crippen molar-refractivity contribution in [1.29, 1.82) is 0 Å². The van der Waals surface area contributed by atoms with Gasteiger partial charge < -0.3 is 19.2 Å². The first kappa shape index (κ1) is 25.7. The summed E-state index contributed by atoms with van der Waals surface area (Å²) < 4.78 is 44.0. The van der Waals surface area contributed by atoms with Gasteiger partial charge in [-0.25, -0.2) is 8.42 Å². The molecule has 1 aromatic heterocycles. The maximum atomic E-state index is 13.8. The summed E-state index contributed by atoms with van der Waals surface area (Å²) in [6, 6.07) is 17.5. The Morgan fingerprint density at radius 3 is 2.38 bits per heavy atom. The molecule has 3 aromatic rings. The van der Waals surface area contributed by atoms with Crippen molar-refractivity contribution < 1.29 is 27.4 Å². The molecule has 3 heterocycles. The number of piperidine rings is 2. The number of nitrogens with zero attached hydrogens (tertiary/aromatic N) is 1. The van der Waals surface area contributed by atoms with Crippen molar-refractivity contribution >= 4 is 26.7 Å². The van der Waals surface area contributed by atoms with Crippen LogP contribution in [0.4, 0.5) is 0 Å². The Bertz CT molecular complexity index is 1390. The van der Waals surface area contributed by atoms with Crippen molar-refractivity contribution in [3.8, 4) is 0 Å². The Labute approximate surface area is 217 Å². The maximum Gasteiger partial charge on any atom is 0.319 e. The van der Waals surface area contributed by atoms with Gasteiger partial charge in [0, 0.05) is 44.4 Å². The average Bonchev–Trinajstić information content (AvgIpc) is 3.37. The molecule has 2 aromatic carbocycles. The molecule has 196 valence electrons. The lowest BCUT2D eigenvalue weighted by atomic mass is 9.58. The van der Waals surface area contributed by atoms with Gasteiger partial charge in [0.05, 0.1) is 29.1 Å². The van der Waals surface area contributed by atoms with Crippen molar-refractivity contribution in [3.05, 3.63) is 77.8 Å². The van der Waals surface area contributed by atoms with E-state index in [9.17, 15) is 13.2 Å². The number of nitrogens with one attached hydrogen (secondary N) is 1. The maximum absolute atomic E-state index is 13.8. The van der Waals surface area contributed by atoms with Gasteiger partial charge in [0.2, 0.25) is 9.84 Å². The molecule has 2 saturated heterocycles. The number of methoxy groups -OCH3 is 3. The Kier molecular flexibility index (Phi) is 6.74. The third-order valence-corrected chi connectivity index (χ3v) is 9.75. The van der Waals surface area contributed by atoms with Crippen LogP contribution in [0.3, 0.4) is 0 Å². The Morgan fingerprint density at radius 1 is 1.05 bits per heavy atom. The predicted octanol–water partition coefficient (Wildman–Crippen LogP) is 3.30. The lowest BCUT2D eigenvalue weighted by Gasteiger charge is -2.60. The van der Waals surface area contributed by atoms with Gasteiger partial charge in [0.25, 0.3) is 0 Å². The Balaban J connectivity index is 1.61. The van der Waals surface area contributed by atoms with Crippen LogP contribution in [-0.4, -0.2) is 76.9 Å². The van der Waals surface area contributed by atoms with Crippen LogP contribution in [0.5, 0.6) is 0 Å². The number of para-hydroxylation sites is 1. The fourth-order valence-corrected chi connectivity index (χ4v) is 7.58. The van der Waals surface area contributed by atoms with Gasteiger partial charge >= 0.3 is 5.97 Å². The molecule has 0 spiro atoms. The van der Waals surface area contributed by atoms with E-state index >= 15 is 0 Å². The van der Waals surface area contributed by atoms with E-state index in [1.807, 2.05) is 35.2 Å². The van der Waals surface area contributed by atoms with Crippen LogP contribution in [0, 0.1) is 5.92 Å². The van der Waals surface area contributed by atoms with Crippen LogP contribution in [0.2, 0.25) is 0 Å². The number of hydrogen-bond donors (Lipinski definition) is 1. The molecule has 9 heteroatoms. The zero-order chi connectivity index (χ0) is 26.4. The van der Waals surface area contributed by atoms with Gasteiger partial charge in [-0.2, -0.15) is 0 Å². The fourth-order valence-electron chi connectivity index (χ4n) is 6.39. The van der Waals surface area contributed by atoms with Crippen LogP contribution in [0.15, 0.2) is 77.0 Å². The van der Waals surface area contributed by atoms with Crippen molar-refractivity contribution in [1.82, 2.24) is 9.88 Å². The minimum absolute atomic E-state index is 0.0493. The molecular formula is C28H32N2O6S. The van der Waals surface area contributed by atoms with Gasteiger partial charge in [-0.3, -0.25) is 9.69 Å². The smallest absolute Gasteiger partial charge is 0.319 e. The molecular weight excluding hydrogens is 492 g/mol. The molecule has 8 nitrogen and oxygen atoms in total. The number of aromatic nitrogens is 1. The number of ether oxygens (including phenoxy) is 3. The number of benzene rings is 2. The number of carbonyl (C=O) groups is 1. The summed E-state index contributed by atoms with van der Waals surface area (Å²) in [5.74, 6) is -0.510. The summed E-state index contributed by atoms with van der Waals surface area (Å²) in [6.07, 6.45) is -0.285. The van der Waals surface area contributed by atoms with E-state index in [4.69, 9.17) is 14.2 Å². The Morgan fingerprint density at radius 2 is 1.73 bits per heavy atom. The zero-order valence-electron chi connectivity index (χ0n) is 21.2. The SMILES string of the molecule is C=C(CN1CC2C[C@](C(=O)OC)(c3cc4ccccc4[nH]3)C1C(OC)C2OC)S(=O)(=O)c1ccccc1. The normalized spacial score (nSPS) is 27.9. The second-order valence-corrected chi connectivity index (χ2v) is 11.9. The minimum atomic E-state index is -3.78. The van der Waals surface area contributed by atoms with E-state index in [0.29, 0.717) is 18.7 Å². The van der Waals surface area contributed by atoms with E-state index in [1.165, 1.54) is 7.11 Å². The van der Waals surface area contributed by atoms with E-state index in [0.717, 1.165) is 10.9 Å². The highest BCUT2D eigenvalue weighted by atomic mass is 32.2. The van der Waals surface area contributed by atoms with Crippen LogP contribution < -0.4 is 0 Å². The van der Waals surface area contributed by atoms with Gasteiger partial charge in [-0.15, -0.1) is 0 Å². The summed E-state index contributed by atoms with van der Waals surface area (Å²) in [7, 11) is 0.842. The van der Waals surface area contributed by atoms with E-state index in [-0.39, 0.29) is 28.4 Å². The number of H-pyrrole nitrogens is 1. The van der Waals surface area contributed by atoms with Crippen LogP contribution in [-0.2, 0) is 34.3 Å². The van der Waals surface area contributed by atoms with Crippen molar-refractivity contribution in [2.75, 3.05) is 34.4 Å². The third kappa shape index (κ3) is 4.01. The number of rotatable bonds is 8. The fraction of sp³-hybridized carbons (Fsp3) is 0.393. The van der Waals surface area contributed by atoms with Crippen LogP contribution >= 0.6 is 0 Å². The monoisotopic (exact) mass is 524 g/mol. The lowest BCUT2D eigenvalue weighted by molar-refractivity contribution is -0.203. The summed E-state index contributed by atoms with van der Waals surface area (Å²) in [4.78, 5) is 19.5. The largest absolute Gasteiger partial charge is 0.468 e. The van der Waals surface area contributed by atoms with Crippen LogP contribution in [0.25, 0.3) is 10.9 Å². The van der Waals surface area contributed by atoms with Gasteiger partial charge in [-0.05, 0) is 36.1 Å². The van der Waals surface area contributed by atoms with E-state index in [1.54, 1.807) is 44.6 Å². The van der Waals surface area contributed by atoms with E-state index < -0.39 is 33.4 Å². The molecule has 6 rings (SSSR count). The first-order chi connectivity index (χ1) is 17.8. The molecule has 3 aliphatic rings. The first-order valence-corrected chi connectivity index (χ1v) is 13.7. The lowest BCUT2D eigenvalue weighted by Crippen LogP contribution is -2.75. The topological polar surface area (TPSA) is 97.9 Å². The molecule has 2 aliphatic heterocycles. The number of fused-ring (bicyclic) bond motifs is 4. The summed E-state index contributed by atoms with van der Waals surface area (Å²) >= 11 is 0. The number of hydrogen-bond acceptors (Lipinski definition) is 7. The second-order valence-electron chi connectivity index (χ2n) is 9.83. The summed E-state index contributed by atoms with van der Waals surface area (Å²) in [5.41, 5.74) is 0.499. The molecule has 4 unspecified atom stereocenters. The molecule has 3 fully saturated rings. The molecule has 0 radical (unpaired) electrons. The Hall–Kier alpha value is -2.98. The highest BCUT2D eigenvalue weighted by Gasteiger charge is 2.65. The highest BCUT2D eigenvalue weighted by molar-refractivity contribution is 7.95. The van der Waals surface area contributed by atoms with Gasteiger partial charge in [0.15, 0.2) is 0 Å². The summed E-state index contributed by atoms with van der Waals surface area (Å²) in [6.45, 7) is 4.55. The van der Waals surface area contributed by atoms with Crippen molar-refractivity contribution in [2.24, 2.45) is 5.92 Å². The van der Waals surface area contributed by atoms with Crippen molar-refractivity contribution in [2.45, 2.75) is 35.0 Å². The molecule has 37 heavy (non-hydrogen) atoms. The third-order valence-electron chi connectivity index (χ3n) is 7.97. The number of sulfone groups is 1. The molecule has 1 aliphatic carbocycles. The average molecular weight is 525 g/mol.